The SMILES string of the molecule is CC1=C/C(=N/Nc2c(Cl)c(Cl)nc(C(=O)O)c2Cl)CC1. The molecule has 5 nitrogen and oxygen atoms in total. The van der Waals surface area contributed by atoms with Crippen molar-refractivity contribution < 1.29 is 9.90 Å². The molecule has 0 saturated heterocycles. The summed E-state index contributed by atoms with van der Waals surface area (Å²) in [4.78, 5) is 14.6. The minimum atomic E-state index is -1.29. The van der Waals surface area contributed by atoms with Gasteiger partial charge in [0.1, 0.15) is 10.0 Å². The molecule has 1 aliphatic carbocycles. The number of nitrogens with zero attached hydrogens (tertiary/aromatic N) is 2. The van der Waals surface area contributed by atoms with Gasteiger partial charge in [-0.1, -0.05) is 40.4 Å². The van der Waals surface area contributed by atoms with Crippen molar-refractivity contribution in [3.8, 4) is 0 Å². The molecule has 1 aromatic rings. The highest BCUT2D eigenvalue weighted by atomic mass is 35.5. The van der Waals surface area contributed by atoms with Crippen molar-refractivity contribution >= 4 is 52.2 Å². The summed E-state index contributed by atoms with van der Waals surface area (Å²) in [6.45, 7) is 2.01. The van der Waals surface area contributed by atoms with Crippen molar-refractivity contribution in [1.82, 2.24) is 4.98 Å². The molecule has 2 N–H and O–H groups in total. The average Bonchev–Trinajstić information content (AvgIpc) is 2.79. The number of carboxylic acids is 1. The molecular weight excluding hydrogens is 325 g/mol. The number of hydrazone groups is 1. The molecule has 2 rings (SSSR count). The van der Waals surface area contributed by atoms with Gasteiger partial charge in [-0.25, -0.2) is 9.78 Å². The van der Waals surface area contributed by atoms with Crippen LogP contribution in [0.3, 0.4) is 0 Å². The Morgan fingerprint density at radius 2 is 2.05 bits per heavy atom. The van der Waals surface area contributed by atoms with E-state index >= 15 is 0 Å². The van der Waals surface area contributed by atoms with Crippen molar-refractivity contribution in [2.75, 3.05) is 5.43 Å². The first-order valence-electron chi connectivity index (χ1n) is 5.67. The van der Waals surface area contributed by atoms with Crippen LogP contribution in [-0.4, -0.2) is 21.8 Å². The van der Waals surface area contributed by atoms with Gasteiger partial charge in [0.2, 0.25) is 0 Å². The smallest absolute Gasteiger partial charge is 0.356 e. The van der Waals surface area contributed by atoms with Crippen LogP contribution in [-0.2, 0) is 0 Å². The number of anilines is 1. The molecule has 0 aromatic carbocycles. The minimum absolute atomic E-state index is 0.0321. The number of pyridine rings is 1. The molecule has 8 heteroatoms. The second kappa shape index (κ2) is 5.99. The maximum Gasteiger partial charge on any atom is 0.356 e. The number of nitrogens with one attached hydrogen (secondary N) is 1. The Hall–Kier alpha value is -1.30. The molecule has 0 spiro atoms. The van der Waals surface area contributed by atoms with Crippen LogP contribution in [0.1, 0.15) is 30.3 Å². The van der Waals surface area contributed by atoms with Crippen LogP contribution in [0.15, 0.2) is 16.8 Å². The number of aromatic nitrogens is 1. The van der Waals surface area contributed by atoms with Crippen LogP contribution >= 0.6 is 34.8 Å². The summed E-state index contributed by atoms with van der Waals surface area (Å²) in [7, 11) is 0. The summed E-state index contributed by atoms with van der Waals surface area (Å²) in [5, 5.41) is 12.9. The molecule has 0 saturated carbocycles. The maximum atomic E-state index is 11.0. The van der Waals surface area contributed by atoms with Crippen LogP contribution in [0.2, 0.25) is 15.2 Å². The Kier molecular flexibility index (Phi) is 4.52. The fourth-order valence-corrected chi connectivity index (χ4v) is 2.39. The number of aromatic carboxylic acids is 1. The number of rotatable bonds is 3. The molecule has 0 aliphatic heterocycles. The van der Waals surface area contributed by atoms with Crippen molar-refractivity contribution in [3.05, 3.63) is 32.5 Å². The van der Waals surface area contributed by atoms with Gasteiger partial charge in [-0.3, -0.25) is 5.43 Å². The van der Waals surface area contributed by atoms with Gasteiger partial charge in [0.05, 0.1) is 11.4 Å². The Balaban J connectivity index is 2.38. The van der Waals surface area contributed by atoms with E-state index in [9.17, 15) is 4.79 Å². The van der Waals surface area contributed by atoms with E-state index < -0.39 is 5.97 Å². The lowest BCUT2D eigenvalue weighted by Crippen LogP contribution is -2.06. The molecule has 0 bridgehead atoms. The lowest BCUT2D eigenvalue weighted by Gasteiger charge is -2.10. The largest absolute Gasteiger partial charge is 0.476 e. The molecule has 0 atom stereocenters. The molecular formula is C12H10Cl3N3O2. The van der Waals surface area contributed by atoms with E-state index in [4.69, 9.17) is 39.9 Å². The lowest BCUT2D eigenvalue weighted by atomic mass is 10.3. The van der Waals surface area contributed by atoms with Crippen LogP contribution in [0, 0.1) is 0 Å². The number of carbonyl (C=O) groups is 1. The molecule has 1 heterocycles. The van der Waals surface area contributed by atoms with Crippen LogP contribution in [0.4, 0.5) is 5.69 Å². The molecule has 1 aliphatic rings. The fourth-order valence-electron chi connectivity index (χ4n) is 1.72. The monoisotopic (exact) mass is 333 g/mol. The fraction of sp³-hybridized carbons (Fsp3) is 0.250. The Morgan fingerprint density at radius 3 is 2.60 bits per heavy atom. The third-order valence-electron chi connectivity index (χ3n) is 2.74. The first kappa shape index (κ1) is 15.1. The topological polar surface area (TPSA) is 74.6 Å². The van der Waals surface area contributed by atoms with Gasteiger partial charge in [0.15, 0.2) is 10.8 Å². The zero-order valence-corrected chi connectivity index (χ0v) is 12.6. The highest BCUT2D eigenvalue weighted by molar-refractivity contribution is 6.46. The first-order valence-corrected chi connectivity index (χ1v) is 6.81. The lowest BCUT2D eigenvalue weighted by molar-refractivity contribution is 0.0691. The number of halogens is 3. The number of carboxylic acid groups (broad SMARTS) is 1. The van der Waals surface area contributed by atoms with E-state index in [1.807, 2.05) is 13.0 Å². The summed E-state index contributed by atoms with van der Waals surface area (Å²) >= 11 is 17.7. The van der Waals surface area contributed by atoms with Gasteiger partial charge in [0.25, 0.3) is 0 Å². The Morgan fingerprint density at radius 1 is 1.35 bits per heavy atom. The molecule has 1 aromatic heterocycles. The molecule has 0 unspecified atom stereocenters. The van der Waals surface area contributed by atoms with Gasteiger partial charge >= 0.3 is 5.97 Å². The van der Waals surface area contributed by atoms with Gasteiger partial charge in [-0.05, 0) is 25.8 Å². The molecule has 0 amide bonds. The van der Waals surface area contributed by atoms with Crippen LogP contribution in [0.5, 0.6) is 0 Å². The zero-order chi connectivity index (χ0) is 14.9. The molecule has 20 heavy (non-hydrogen) atoms. The predicted octanol–water partition coefficient (Wildman–Crippen LogP) is 4.25. The second-order valence-electron chi connectivity index (χ2n) is 4.26. The van der Waals surface area contributed by atoms with E-state index in [2.05, 4.69) is 15.5 Å². The van der Waals surface area contributed by atoms with Crippen molar-refractivity contribution in [2.24, 2.45) is 5.10 Å². The van der Waals surface area contributed by atoms with Crippen molar-refractivity contribution in [3.63, 3.8) is 0 Å². The summed E-state index contributed by atoms with van der Waals surface area (Å²) in [5.74, 6) is -1.29. The molecule has 106 valence electrons. The highest BCUT2D eigenvalue weighted by Gasteiger charge is 2.21. The van der Waals surface area contributed by atoms with Crippen molar-refractivity contribution in [2.45, 2.75) is 19.8 Å². The third kappa shape index (κ3) is 3.06. The quantitative estimate of drug-likeness (QED) is 0.640. The summed E-state index contributed by atoms with van der Waals surface area (Å²) in [5.41, 5.74) is 4.49. The van der Waals surface area contributed by atoms with Crippen LogP contribution in [0.25, 0.3) is 0 Å². The normalized spacial score (nSPS) is 16.4. The third-order valence-corrected chi connectivity index (χ3v) is 3.85. The van der Waals surface area contributed by atoms with Gasteiger partial charge in [-0.2, -0.15) is 5.10 Å². The molecule has 0 radical (unpaired) electrons. The van der Waals surface area contributed by atoms with E-state index in [-0.39, 0.29) is 26.6 Å². The minimum Gasteiger partial charge on any atom is -0.476 e. The van der Waals surface area contributed by atoms with Gasteiger partial charge in [0, 0.05) is 0 Å². The van der Waals surface area contributed by atoms with E-state index in [1.54, 1.807) is 0 Å². The summed E-state index contributed by atoms with van der Waals surface area (Å²) in [6.07, 6.45) is 3.69. The highest BCUT2D eigenvalue weighted by Crippen LogP contribution is 2.37. The van der Waals surface area contributed by atoms with Crippen LogP contribution < -0.4 is 5.43 Å². The van der Waals surface area contributed by atoms with E-state index in [0.717, 1.165) is 18.6 Å². The second-order valence-corrected chi connectivity index (χ2v) is 5.38. The Bertz CT molecular complexity index is 641. The predicted molar refractivity (Wildman–Crippen MR) is 80.3 cm³/mol. The summed E-state index contributed by atoms with van der Waals surface area (Å²) in [6, 6.07) is 0. The number of hydrogen-bond acceptors (Lipinski definition) is 4. The number of allylic oxidation sites excluding steroid dienone is 2. The Labute approximate surface area is 130 Å². The molecule has 0 fully saturated rings. The maximum absolute atomic E-state index is 11.0. The van der Waals surface area contributed by atoms with Crippen molar-refractivity contribution in [1.29, 1.82) is 0 Å². The number of hydrogen-bond donors (Lipinski definition) is 2. The average molecular weight is 335 g/mol. The van der Waals surface area contributed by atoms with E-state index in [1.165, 1.54) is 5.57 Å². The zero-order valence-electron chi connectivity index (χ0n) is 10.4. The van der Waals surface area contributed by atoms with Gasteiger partial charge < -0.3 is 5.11 Å². The van der Waals surface area contributed by atoms with Gasteiger partial charge in [-0.15, -0.1) is 0 Å². The summed E-state index contributed by atoms with van der Waals surface area (Å²) < 4.78 is 0. The van der Waals surface area contributed by atoms with E-state index in [0.29, 0.717) is 0 Å². The first-order chi connectivity index (χ1) is 9.40. The standard InChI is InChI=1S/C12H10Cl3N3O2/c1-5-2-3-6(4-5)17-18-9-7(13)10(12(19)20)16-11(15)8(9)14/h4H,2-3H2,1H3,(H,16,18)(H,19,20)/b17-6+.